The Kier molecular flexibility index (Phi) is 9.12. The van der Waals surface area contributed by atoms with Crippen LogP contribution in [-0.2, 0) is 12.4 Å². The largest absolute Gasteiger partial charge is 0.416 e. The Labute approximate surface area is 360 Å². The van der Waals surface area contributed by atoms with E-state index in [-0.39, 0.29) is 17.3 Å². The van der Waals surface area contributed by atoms with Crippen LogP contribution in [0.25, 0.3) is 93.7 Å². The van der Waals surface area contributed by atoms with E-state index in [1.165, 1.54) is 12.1 Å². The second kappa shape index (κ2) is 14.6. The molecule has 0 spiro atoms. The molecule has 15 heteroatoms. The van der Waals surface area contributed by atoms with Crippen molar-refractivity contribution in [3.63, 3.8) is 0 Å². The Balaban J connectivity index is 1.37. The maximum atomic E-state index is 15.0. The van der Waals surface area contributed by atoms with Crippen LogP contribution in [0.15, 0.2) is 115 Å². The zero-order valence-corrected chi connectivity index (χ0v) is 34.3. The number of nitrogens with zero attached hydrogens (tertiary/aromatic N) is 9. The fourth-order valence-electron chi connectivity index (χ4n) is 8.65. The predicted octanol–water partition coefficient (Wildman–Crippen LogP) is 13.1. The van der Waals surface area contributed by atoms with E-state index in [0.29, 0.717) is 85.6 Å². The molecule has 0 bridgehead atoms. The van der Waals surface area contributed by atoms with E-state index in [0.717, 1.165) is 27.6 Å². The van der Waals surface area contributed by atoms with Gasteiger partial charge in [-0.2, -0.15) is 26.3 Å². The zero-order valence-electron chi connectivity index (χ0n) is 34.3. The van der Waals surface area contributed by atoms with Crippen LogP contribution in [0.5, 0.6) is 0 Å². The lowest BCUT2D eigenvalue weighted by Crippen LogP contribution is -2.12. The number of para-hydroxylation sites is 2. The van der Waals surface area contributed by atoms with Gasteiger partial charge in [0, 0.05) is 32.7 Å². The molecule has 0 radical (unpaired) electrons. The minimum Gasteiger partial charge on any atom is -0.308 e. The summed E-state index contributed by atoms with van der Waals surface area (Å²) in [6.07, 6.45) is -10.3. The van der Waals surface area contributed by atoms with Crippen LogP contribution in [0.4, 0.5) is 32.0 Å². The number of alkyl halides is 6. The van der Waals surface area contributed by atoms with Crippen molar-refractivity contribution in [2.45, 2.75) is 40.0 Å². The lowest BCUT2D eigenvalue weighted by atomic mass is 9.94. The maximum absolute atomic E-state index is 15.0. The van der Waals surface area contributed by atoms with E-state index >= 15 is 0 Å². The average molecular weight is 860 g/mol. The summed E-state index contributed by atoms with van der Waals surface area (Å²) in [5.41, 5.74) is 0.714. The first-order chi connectivity index (χ1) is 30.6. The molecule has 4 aromatic heterocycles. The summed E-state index contributed by atoms with van der Waals surface area (Å²) in [6, 6.07) is 31.1. The SMILES string of the molecule is [C-]#[N+]c1cc(-n2c3ccccc3c3ccc(-c4nc(C)nc(C)n4)cc32)c(-n2c3ccccc3c3ccc(-c4nc(C)nc(C)n4)cc32)cc1-c1ccc(C(F)(F)F)cc1C(F)(F)F. The van der Waals surface area contributed by atoms with Crippen LogP contribution in [0.1, 0.15) is 34.4 Å². The fraction of sp³-hybridized carbons (Fsp3) is 0.122. The van der Waals surface area contributed by atoms with E-state index in [1.807, 2.05) is 94.1 Å². The Hall–Kier alpha value is -7.99. The molecule has 6 aromatic carbocycles. The van der Waals surface area contributed by atoms with Crippen LogP contribution in [-0.4, -0.2) is 39.0 Å². The van der Waals surface area contributed by atoms with Gasteiger partial charge in [-0.3, -0.25) is 0 Å². The highest BCUT2D eigenvalue weighted by Crippen LogP contribution is 2.48. The van der Waals surface area contributed by atoms with Crippen molar-refractivity contribution < 1.29 is 26.3 Å². The molecule has 9 nitrogen and oxygen atoms in total. The Morgan fingerprint density at radius 3 is 1.36 bits per heavy atom. The summed E-state index contributed by atoms with van der Waals surface area (Å²) in [6.45, 7) is 15.5. The molecule has 0 N–H and O–H groups in total. The molecule has 0 aliphatic heterocycles. The van der Waals surface area contributed by atoms with Gasteiger partial charge in [-0.25, -0.2) is 34.7 Å². The number of hydrogen-bond acceptors (Lipinski definition) is 6. The third-order valence-electron chi connectivity index (χ3n) is 11.2. The summed E-state index contributed by atoms with van der Waals surface area (Å²) >= 11 is 0. The van der Waals surface area contributed by atoms with Gasteiger partial charge >= 0.3 is 12.4 Å². The van der Waals surface area contributed by atoms with Crippen LogP contribution >= 0.6 is 0 Å². The summed E-state index contributed by atoms with van der Waals surface area (Å²) in [5.74, 6) is 2.91. The number of rotatable bonds is 5. The lowest BCUT2D eigenvalue weighted by molar-refractivity contribution is -0.142. The minimum atomic E-state index is -5.22. The Morgan fingerprint density at radius 1 is 0.453 bits per heavy atom. The van der Waals surface area contributed by atoms with Crippen molar-refractivity contribution >= 4 is 49.3 Å². The van der Waals surface area contributed by atoms with Crippen LogP contribution in [0, 0.1) is 34.3 Å². The molecule has 4 heterocycles. The highest BCUT2D eigenvalue weighted by Gasteiger charge is 2.39. The van der Waals surface area contributed by atoms with Gasteiger partial charge in [0.15, 0.2) is 17.3 Å². The number of halogens is 6. The number of aromatic nitrogens is 8. The molecule has 0 fully saturated rings. The summed E-state index contributed by atoms with van der Waals surface area (Å²) in [7, 11) is 0. The molecule has 0 amide bonds. The van der Waals surface area contributed by atoms with E-state index < -0.39 is 29.0 Å². The molecule has 0 saturated carbocycles. The van der Waals surface area contributed by atoms with Gasteiger partial charge in [-0.15, -0.1) is 0 Å². The average Bonchev–Trinajstić information content (AvgIpc) is 3.76. The summed E-state index contributed by atoms with van der Waals surface area (Å²) in [4.78, 5) is 30.9. The maximum Gasteiger partial charge on any atom is 0.416 e. The van der Waals surface area contributed by atoms with Crippen LogP contribution < -0.4 is 0 Å². The van der Waals surface area contributed by atoms with E-state index in [4.69, 9.17) is 6.57 Å². The van der Waals surface area contributed by atoms with Crippen molar-refractivity contribution in [2.24, 2.45) is 0 Å². The smallest absolute Gasteiger partial charge is 0.308 e. The predicted molar refractivity (Wildman–Crippen MR) is 233 cm³/mol. The van der Waals surface area contributed by atoms with Gasteiger partial charge in [0.05, 0.1) is 51.1 Å². The van der Waals surface area contributed by atoms with E-state index in [2.05, 4.69) is 34.7 Å². The molecule has 0 atom stereocenters. The molecule has 64 heavy (non-hydrogen) atoms. The summed E-state index contributed by atoms with van der Waals surface area (Å²) in [5, 5.41) is 3.27. The third-order valence-corrected chi connectivity index (χ3v) is 11.2. The molecule has 0 unspecified atom stereocenters. The lowest BCUT2D eigenvalue weighted by Gasteiger charge is -2.22. The van der Waals surface area contributed by atoms with Gasteiger partial charge in [-0.05, 0) is 87.4 Å². The molecule has 0 saturated heterocycles. The Morgan fingerprint density at radius 2 is 0.906 bits per heavy atom. The molecule has 0 aliphatic rings. The molecular weight excluding hydrogens is 829 g/mol. The van der Waals surface area contributed by atoms with Crippen molar-refractivity contribution in [3.05, 3.63) is 161 Å². The van der Waals surface area contributed by atoms with Crippen molar-refractivity contribution in [3.8, 4) is 45.3 Å². The highest BCUT2D eigenvalue weighted by atomic mass is 19.4. The third kappa shape index (κ3) is 6.66. The second-order valence-corrected chi connectivity index (χ2v) is 15.4. The van der Waals surface area contributed by atoms with Crippen LogP contribution in [0.2, 0.25) is 0 Å². The molecule has 10 rings (SSSR count). The standard InChI is InChI=1S/C49H31F6N9/c1-25-57-26(2)60-46(59-25)29-14-17-35-33-10-6-8-12-40(33)63(42(35)20-29)44-23-37(32-19-16-31(48(50,51)52)22-38(32)49(53,54)55)39(56-5)24-45(44)64-41-13-9-7-11-34(41)36-18-15-30(21-43(36)64)47-61-27(3)58-28(4)62-47/h6-24H,1-4H3. The first-order valence-electron chi connectivity index (χ1n) is 19.9. The monoisotopic (exact) mass is 859 g/mol. The van der Waals surface area contributed by atoms with Gasteiger partial charge < -0.3 is 9.13 Å². The zero-order chi connectivity index (χ0) is 44.8. The van der Waals surface area contributed by atoms with Gasteiger partial charge in [0.25, 0.3) is 0 Å². The van der Waals surface area contributed by atoms with Crippen molar-refractivity contribution in [1.29, 1.82) is 0 Å². The van der Waals surface area contributed by atoms with Crippen LogP contribution in [0.3, 0.4) is 0 Å². The highest BCUT2D eigenvalue weighted by molar-refractivity contribution is 6.13. The molecule has 10 aromatic rings. The van der Waals surface area contributed by atoms with Gasteiger partial charge in [0.2, 0.25) is 0 Å². The number of benzene rings is 6. The molecule has 0 aliphatic carbocycles. The van der Waals surface area contributed by atoms with E-state index in [9.17, 15) is 26.3 Å². The molecule has 314 valence electrons. The first kappa shape index (κ1) is 40.1. The quantitative estimate of drug-likeness (QED) is 0.126. The first-order valence-corrected chi connectivity index (χ1v) is 19.9. The van der Waals surface area contributed by atoms with Crippen molar-refractivity contribution in [2.75, 3.05) is 0 Å². The topological polar surface area (TPSA) is 91.6 Å². The fourth-order valence-corrected chi connectivity index (χ4v) is 8.65. The summed E-state index contributed by atoms with van der Waals surface area (Å²) < 4.78 is 90.7. The number of fused-ring (bicyclic) bond motifs is 6. The molecular formula is C49H31F6N9. The van der Waals surface area contributed by atoms with Gasteiger partial charge in [-0.1, -0.05) is 66.7 Å². The minimum absolute atomic E-state index is 0.0984. The number of hydrogen-bond donors (Lipinski definition) is 0. The van der Waals surface area contributed by atoms with E-state index in [1.54, 1.807) is 27.7 Å². The van der Waals surface area contributed by atoms with Gasteiger partial charge in [0.1, 0.15) is 23.3 Å². The Bertz CT molecular complexity index is 3570. The second-order valence-electron chi connectivity index (χ2n) is 15.4. The number of aryl methyl sites for hydroxylation is 4. The van der Waals surface area contributed by atoms with Crippen molar-refractivity contribution in [1.82, 2.24) is 39.0 Å². The normalized spacial score (nSPS) is 12.2.